The molecule has 0 bridgehead atoms. The van der Waals surface area contributed by atoms with Gasteiger partial charge in [0.05, 0.1) is 5.56 Å². The molecule has 0 unspecified atom stereocenters. The van der Waals surface area contributed by atoms with E-state index in [0.29, 0.717) is 6.29 Å². The summed E-state index contributed by atoms with van der Waals surface area (Å²) < 4.78 is 35.8. The van der Waals surface area contributed by atoms with Gasteiger partial charge in [-0.15, -0.1) is 0 Å². The van der Waals surface area contributed by atoms with Gasteiger partial charge in [0.1, 0.15) is 6.29 Å². The van der Waals surface area contributed by atoms with E-state index in [4.69, 9.17) is 0 Å². The van der Waals surface area contributed by atoms with E-state index in [9.17, 15) is 18.0 Å². The zero-order valence-corrected chi connectivity index (χ0v) is 11.7. The smallest absolute Gasteiger partial charge is 0.388 e. The zero-order chi connectivity index (χ0) is 15.9. The first-order chi connectivity index (χ1) is 9.86. The van der Waals surface area contributed by atoms with Gasteiger partial charge in [0.2, 0.25) is 0 Å². The predicted octanol–water partition coefficient (Wildman–Crippen LogP) is 4.55. The van der Waals surface area contributed by atoms with Gasteiger partial charge >= 0.3 is 6.18 Å². The van der Waals surface area contributed by atoms with Gasteiger partial charge in [-0.2, -0.15) is 13.2 Å². The summed E-state index contributed by atoms with van der Waals surface area (Å²) in [5.41, 5.74) is 1.96. The van der Waals surface area contributed by atoms with E-state index in [1.165, 1.54) is 11.3 Å². The molecule has 21 heavy (non-hydrogen) atoms. The van der Waals surface area contributed by atoms with E-state index in [0.717, 1.165) is 24.3 Å². The van der Waals surface area contributed by atoms with Crippen LogP contribution in [0.3, 0.4) is 0 Å². The summed E-state index contributed by atoms with van der Waals surface area (Å²) >= 11 is 0. The summed E-state index contributed by atoms with van der Waals surface area (Å²) in [6.45, 7) is 2.08. The largest absolute Gasteiger partial charge is 0.416 e. The summed E-state index contributed by atoms with van der Waals surface area (Å²) in [4.78, 5) is 10.1. The van der Waals surface area contributed by atoms with Crippen molar-refractivity contribution in [2.24, 2.45) is 0 Å². The molecule has 0 radical (unpaired) electrons. The van der Waals surface area contributed by atoms with Gasteiger partial charge in [0.15, 0.2) is 0 Å². The van der Waals surface area contributed by atoms with Crippen LogP contribution in [-0.2, 0) is 6.18 Å². The molecule has 0 atom stereocenters. The normalized spacial score (nSPS) is 10.3. The van der Waals surface area contributed by atoms with Crippen molar-refractivity contribution in [1.82, 2.24) is 0 Å². The fraction of sp³-hybridized carbons (Fsp3) is 0.188. The molecule has 2 aromatic carbocycles. The minimum absolute atomic E-state index is 0.239. The zero-order valence-electron chi connectivity index (χ0n) is 11.7. The van der Waals surface area contributed by atoms with Crippen molar-refractivity contribution in [2.75, 3.05) is 12.4 Å². The fourth-order valence-electron chi connectivity index (χ4n) is 1.47. The van der Waals surface area contributed by atoms with E-state index >= 15 is 0 Å². The number of hydrogen-bond acceptors (Lipinski definition) is 2. The van der Waals surface area contributed by atoms with Crippen LogP contribution in [0.5, 0.6) is 0 Å². The number of rotatable bonds is 2. The number of halogens is 3. The number of anilines is 1. The van der Waals surface area contributed by atoms with Crippen LogP contribution in [0.1, 0.15) is 21.5 Å². The molecule has 2 aromatic rings. The molecule has 0 saturated carbocycles. The van der Waals surface area contributed by atoms with Crippen molar-refractivity contribution >= 4 is 12.0 Å². The molecule has 0 amide bonds. The van der Waals surface area contributed by atoms with Gasteiger partial charge in [-0.1, -0.05) is 29.8 Å². The molecule has 0 spiro atoms. The first kappa shape index (κ1) is 16.8. The first-order valence-electron chi connectivity index (χ1n) is 6.23. The second kappa shape index (κ2) is 7.47. The van der Waals surface area contributed by atoms with Crippen LogP contribution in [0.2, 0.25) is 0 Å². The van der Waals surface area contributed by atoms with Gasteiger partial charge in [-0.05, 0) is 31.2 Å². The highest BCUT2D eigenvalue weighted by Gasteiger charge is 2.29. The fourth-order valence-corrected chi connectivity index (χ4v) is 1.47. The van der Waals surface area contributed by atoms with E-state index in [1.807, 2.05) is 7.05 Å². The maximum absolute atomic E-state index is 11.9. The highest BCUT2D eigenvalue weighted by atomic mass is 19.4. The molecule has 0 aliphatic rings. The Morgan fingerprint density at radius 1 is 0.952 bits per heavy atom. The standard InChI is InChI=1S/C8H5F3O.C8H11N/c9-8(10,11)7-3-1-6(5-12)2-4-7;1-7-3-5-8(9-2)6-4-7/h1-5H;3-6,9H,1-2H3. The Kier molecular flexibility index (Phi) is 5.96. The number of benzene rings is 2. The highest BCUT2D eigenvalue weighted by Crippen LogP contribution is 2.28. The summed E-state index contributed by atoms with van der Waals surface area (Å²) in [6, 6.07) is 12.3. The average molecular weight is 295 g/mol. The van der Waals surface area contributed by atoms with Crippen molar-refractivity contribution in [3.8, 4) is 0 Å². The third-order valence-corrected chi connectivity index (χ3v) is 2.71. The molecule has 0 aliphatic carbocycles. The van der Waals surface area contributed by atoms with Crippen LogP contribution >= 0.6 is 0 Å². The van der Waals surface area contributed by atoms with Crippen LogP contribution in [0, 0.1) is 6.92 Å². The minimum atomic E-state index is -4.33. The third kappa shape index (κ3) is 5.69. The van der Waals surface area contributed by atoms with Gasteiger partial charge < -0.3 is 5.32 Å². The monoisotopic (exact) mass is 295 g/mol. The lowest BCUT2D eigenvalue weighted by Crippen LogP contribution is -2.04. The molecule has 0 heterocycles. The van der Waals surface area contributed by atoms with Crippen LogP contribution in [0.25, 0.3) is 0 Å². The summed E-state index contributed by atoms with van der Waals surface area (Å²) in [5, 5.41) is 3.05. The number of carbonyl (C=O) groups excluding carboxylic acids is 1. The number of aldehydes is 1. The number of alkyl halides is 3. The number of carbonyl (C=O) groups is 1. The maximum atomic E-state index is 11.9. The topological polar surface area (TPSA) is 29.1 Å². The molecule has 0 aromatic heterocycles. The highest BCUT2D eigenvalue weighted by molar-refractivity contribution is 5.74. The van der Waals surface area contributed by atoms with Crippen molar-refractivity contribution in [3.05, 3.63) is 65.2 Å². The summed E-state index contributed by atoms with van der Waals surface area (Å²) in [5.74, 6) is 0. The van der Waals surface area contributed by atoms with Crippen LogP contribution in [0.4, 0.5) is 18.9 Å². The lowest BCUT2D eigenvalue weighted by atomic mass is 10.1. The van der Waals surface area contributed by atoms with Gasteiger partial charge in [0.25, 0.3) is 0 Å². The second-order valence-electron chi connectivity index (χ2n) is 4.35. The second-order valence-corrected chi connectivity index (χ2v) is 4.35. The Labute approximate surface area is 121 Å². The number of hydrogen-bond donors (Lipinski definition) is 1. The van der Waals surface area contributed by atoms with E-state index in [2.05, 4.69) is 36.5 Å². The molecule has 0 saturated heterocycles. The maximum Gasteiger partial charge on any atom is 0.416 e. The Bertz CT molecular complexity index is 560. The van der Waals surface area contributed by atoms with Crippen molar-refractivity contribution < 1.29 is 18.0 Å². The molecular formula is C16H16F3NO. The van der Waals surface area contributed by atoms with Gasteiger partial charge in [0, 0.05) is 18.3 Å². The molecule has 2 nitrogen and oxygen atoms in total. The molecule has 0 aliphatic heterocycles. The molecule has 2 rings (SSSR count). The average Bonchev–Trinajstić information content (AvgIpc) is 2.48. The van der Waals surface area contributed by atoms with Crippen molar-refractivity contribution in [3.63, 3.8) is 0 Å². The number of nitrogens with one attached hydrogen (secondary N) is 1. The molecule has 5 heteroatoms. The SMILES string of the molecule is CNc1ccc(C)cc1.O=Cc1ccc(C(F)(F)F)cc1. The Morgan fingerprint density at radius 2 is 1.48 bits per heavy atom. The first-order valence-corrected chi connectivity index (χ1v) is 6.23. The van der Waals surface area contributed by atoms with Crippen molar-refractivity contribution in [2.45, 2.75) is 13.1 Å². The van der Waals surface area contributed by atoms with E-state index in [1.54, 1.807) is 0 Å². The predicted molar refractivity (Wildman–Crippen MR) is 77.6 cm³/mol. The molecule has 1 N–H and O–H groups in total. The molecule has 112 valence electrons. The van der Waals surface area contributed by atoms with Crippen LogP contribution in [0.15, 0.2) is 48.5 Å². The Morgan fingerprint density at radius 3 is 1.86 bits per heavy atom. The Hall–Kier alpha value is -2.30. The quantitative estimate of drug-likeness (QED) is 0.823. The third-order valence-electron chi connectivity index (χ3n) is 2.71. The summed E-state index contributed by atoms with van der Waals surface area (Å²) in [6.07, 6.45) is -3.83. The number of aryl methyl sites for hydroxylation is 1. The molecular weight excluding hydrogens is 279 g/mol. The minimum Gasteiger partial charge on any atom is -0.388 e. The Balaban J connectivity index is 0.000000219. The van der Waals surface area contributed by atoms with Crippen LogP contribution < -0.4 is 5.32 Å². The van der Waals surface area contributed by atoms with Crippen LogP contribution in [-0.4, -0.2) is 13.3 Å². The molecule has 0 fully saturated rings. The summed E-state index contributed by atoms with van der Waals surface area (Å²) in [7, 11) is 1.92. The van der Waals surface area contributed by atoms with Crippen molar-refractivity contribution in [1.29, 1.82) is 0 Å². The van der Waals surface area contributed by atoms with E-state index < -0.39 is 11.7 Å². The lowest BCUT2D eigenvalue weighted by molar-refractivity contribution is -0.137. The van der Waals surface area contributed by atoms with Gasteiger partial charge in [-0.3, -0.25) is 4.79 Å². The van der Waals surface area contributed by atoms with E-state index in [-0.39, 0.29) is 5.56 Å². The van der Waals surface area contributed by atoms with Gasteiger partial charge in [-0.25, -0.2) is 0 Å². The lowest BCUT2D eigenvalue weighted by Gasteiger charge is -2.04.